The van der Waals surface area contributed by atoms with Crippen LogP contribution in [0.2, 0.25) is 0 Å². The van der Waals surface area contributed by atoms with Gasteiger partial charge in [-0.2, -0.15) is 0 Å². The van der Waals surface area contributed by atoms with Crippen molar-refractivity contribution in [1.29, 1.82) is 0 Å². The molecule has 1 fully saturated rings. The minimum absolute atomic E-state index is 0.115. The van der Waals surface area contributed by atoms with Crippen molar-refractivity contribution in [3.05, 3.63) is 52.0 Å². The highest BCUT2D eigenvalue weighted by molar-refractivity contribution is 7.11. The highest BCUT2D eigenvalue weighted by Crippen LogP contribution is 2.19. The number of nitrogens with one attached hydrogen (secondary N) is 2. The first-order valence-corrected chi connectivity index (χ1v) is 9.13. The summed E-state index contributed by atoms with van der Waals surface area (Å²) < 4.78 is 0. The van der Waals surface area contributed by atoms with E-state index in [9.17, 15) is 9.59 Å². The van der Waals surface area contributed by atoms with E-state index in [-0.39, 0.29) is 23.9 Å². The second-order valence-corrected chi connectivity index (χ2v) is 6.96. The first-order chi connectivity index (χ1) is 11.6. The number of hydrogen-bond acceptors (Lipinski definition) is 4. The van der Waals surface area contributed by atoms with Gasteiger partial charge in [0.2, 0.25) is 0 Å². The maximum atomic E-state index is 12.3. The summed E-state index contributed by atoms with van der Waals surface area (Å²) in [5.74, 6) is -0.440. The van der Waals surface area contributed by atoms with Gasteiger partial charge in [0.25, 0.3) is 11.8 Å². The Morgan fingerprint density at radius 3 is 2.58 bits per heavy atom. The van der Waals surface area contributed by atoms with Crippen molar-refractivity contribution in [2.75, 3.05) is 0 Å². The van der Waals surface area contributed by atoms with Gasteiger partial charge >= 0.3 is 0 Å². The smallest absolute Gasteiger partial charge is 0.280 e. The molecule has 2 aromatic rings. The van der Waals surface area contributed by atoms with Crippen LogP contribution in [0.5, 0.6) is 0 Å². The molecule has 0 radical (unpaired) electrons. The van der Waals surface area contributed by atoms with Crippen molar-refractivity contribution in [1.82, 2.24) is 15.6 Å². The van der Waals surface area contributed by atoms with Gasteiger partial charge < -0.3 is 10.6 Å². The largest absolute Gasteiger partial charge is 0.347 e. The lowest BCUT2D eigenvalue weighted by Crippen LogP contribution is -2.32. The summed E-state index contributed by atoms with van der Waals surface area (Å²) in [6.07, 6.45) is 4.37. The highest BCUT2D eigenvalue weighted by Gasteiger charge is 2.21. The van der Waals surface area contributed by atoms with Crippen molar-refractivity contribution in [2.24, 2.45) is 0 Å². The molecule has 126 valence electrons. The second-order valence-electron chi connectivity index (χ2n) is 6.10. The van der Waals surface area contributed by atoms with E-state index in [0.717, 1.165) is 31.2 Å². The highest BCUT2D eigenvalue weighted by atomic mass is 32.1. The van der Waals surface area contributed by atoms with Crippen LogP contribution in [0, 0.1) is 0 Å². The zero-order valence-electron chi connectivity index (χ0n) is 13.6. The van der Waals surface area contributed by atoms with Crippen LogP contribution in [-0.4, -0.2) is 22.8 Å². The van der Waals surface area contributed by atoms with Crippen LogP contribution in [0.4, 0.5) is 0 Å². The molecule has 0 bridgehead atoms. The predicted molar refractivity (Wildman–Crippen MR) is 94.2 cm³/mol. The van der Waals surface area contributed by atoms with Gasteiger partial charge in [0.15, 0.2) is 5.01 Å². The van der Waals surface area contributed by atoms with E-state index in [2.05, 4.69) is 15.6 Å². The molecule has 0 saturated heterocycles. The molecule has 24 heavy (non-hydrogen) atoms. The van der Waals surface area contributed by atoms with Crippen LogP contribution in [0.1, 0.15) is 64.5 Å². The first-order valence-electron chi connectivity index (χ1n) is 8.25. The van der Waals surface area contributed by atoms with Crippen molar-refractivity contribution in [3.63, 3.8) is 0 Å². The van der Waals surface area contributed by atoms with E-state index < -0.39 is 0 Å². The Kier molecular flexibility index (Phi) is 5.25. The number of carbonyl (C=O) groups is 2. The Bertz CT molecular complexity index is 708. The van der Waals surface area contributed by atoms with Gasteiger partial charge in [-0.05, 0) is 25.3 Å². The second kappa shape index (κ2) is 7.57. The number of benzene rings is 1. The number of nitrogens with zero attached hydrogens (tertiary/aromatic N) is 1. The van der Waals surface area contributed by atoms with Crippen LogP contribution in [0.25, 0.3) is 0 Å². The van der Waals surface area contributed by atoms with Crippen LogP contribution in [-0.2, 0) is 0 Å². The predicted octanol–water partition coefficient (Wildman–Crippen LogP) is 3.31. The summed E-state index contributed by atoms with van der Waals surface area (Å²) in [7, 11) is 0. The molecule has 1 atom stereocenters. The fourth-order valence-corrected chi connectivity index (χ4v) is 3.60. The molecule has 1 saturated carbocycles. The number of thiazole rings is 1. The van der Waals surface area contributed by atoms with Gasteiger partial charge in [0.1, 0.15) is 5.69 Å². The summed E-state index contributed by atoms with van der Waals surface area (Å²) >= 11 is 1.21. The molecule has 1 aliphatic carbocycles. The normalized spacial score (nSPS) is 15.9. The van der Waals surface area contributed by atoms with Crippen molar-refractivity contribution >= 4 is 23.2 Å². The number of carbonyl (C=O) groups excluding carboxylic acids is 2. The lowest BCUT2D eigenvalue weighted by molar-refractivity contribution is 0.0934. The molecule has 2 amide bonds. The summed E-state index contributed by atoms with van der Waals surface area (Å²) in [4.78, 5) is 28.7. The van der Waals surface area contributed by atoms with Gasteiger partial charge in [0, 0.05) is 11.4 Å². The molecule has 6 heteroatoms. The van der Waals surface area contributed by atoms with Gasteiger partial charge in [-0.1, -0.05) is 43.2 Å². The fourth-order valence-electron chi connectivity index (χ4n) is 2.90. The number of rotatable bonds is 5. The molecule has 2 N–H and O–H groups in total. The van der Waals surface area contributed by atoms with E-state index in [0.29, 0.717) is 10.7 Å². The molecule has 0 unspecified atom stereocenters. The van der Waals surface area contributed by atoms with Crippen LogP contribution in [0.3, 0.4) is 0 Å². The minimum Gasteiger partial charge on any atom is -0.347 e. The molecule has 3 rings (SSSR count). The molecule has 0 aliphatic heterocycles. The summed E-state index contributed by atoms with van der Waals surface area (Å²) in [6, 6.07) is 9.87. The molecule has 1 heterocycles. The van der Waals surface area contributed by atoms with Gasteiger partial charge in [-0.25, -0.2) is 4.98 Å². The maximum absolute atomic E-state index is 12.3. The maximum Gasteiger partial charge on any atom is 0.280 e. The summed E-state index contributed by atoms with van der Waals surface area (Å²) in [6.45, 7) is 1.92. The third-order valence-corrected chi connectivity index (χ3v) is 5.11. The average Bonchev–Trinajstić information content (AvgIpc) is 3.27. The van der Waals surface area contributed by atoms with Crippen LogP contribution in [0.15, 0.2) is 35.7 Å². The Balaban J connectivity index is 1.60. The van der Waals surface area contributed by atoms with Gasteiger partial charge in [-0.15, -0.1) is 11.3 Å². The van der Waals surface area contributed by atoms with Crippen LogP contribution < -0.4 is 10.6 Å². The molecule has 1 aromatic carbocycles. The van der Waals surface area contributed by atoms with E-state index in [1.165, 1.54) is 11.3 Å². The van der Waals surface area contributed by atoms with Crippen molar-refractivity contribution in [2.45, 2.75) is 44.7 Å². The zero-order chi connectivity index (χ0) is 16.9. The standard InChI is InChI=1S/C18H21N3O2S/c1-12(13-7-3-2-4-8-13)19-16(22)15-11-24-18(21-15)17(23)20-14-9-5-6-10-14/h2-4,7-8,11-12,14H,5-6,9-10H2,1H3,(H,19,22)(H,20,23)/t12-/m0/s1. The Labute approximate surface area is 145 Å². The third kappa shape index (κ3) is 4.00. The Morgan fingerprint density at radius 2 is 1.88 bits per heavy atom. The SMILES string of the molecule is C[C@H](NC(=O)c1csc(C(=O)NC2CCCC2)n1)c1ccccc1. The molecule has 1 aliphatic rings. The lowest BCUT2D eigenvalue weighted by atomic mass is 10.1. The van der Waals surface area contributed by atoms with Crippen molar-refractivity contribution in [3.8, 4) is 0 Å². The number of aromatic nitrogens is 1. The molecular formula is C18H21N3O2S. The van der Waals surface area contributed by atoms with E-state index in [4.69, 9.17) is 0 Å². The lowest BCUT2D eigenvalue weighted by Gasteiger charge is -2.13. The quantitative estimate of drug-likeness (QED) is 0.875. The Hall–Kier alpha value is -2.21. The van der Waals surface area contributed by atoms with Gasteiger partial charge in [0.05, 0.1) is 6.04 Å². The number of amides is 2. The third-order valence-electron chi connectivity index (χ3n) is 4.27. The van der Waals surface area contributed by atoms with Crippen LogP contribution >= 0.6 is 11.3 Å². The number of hydrogen-bond donors (Lipinski definition) is 2. The zero-order valence-corrected chi connectivity index (χ0v) is 14.4. The van der Waals surface area contributed by atoms with E-state index >= 15 is 0 Å². The van der Waals surface area contributed by atoms with E-state index in [1.807, 2.05) is 37.3 Å². The topological polar surface area (TPSA) is 71.1 Å². The average molecular weight is 343 g/mol. The first kappa shape index (κ1) is 16.6. The molecular weight excluding hydrogens is 322 g/mol. The Morgan fingerprint density at radius 1 is 1.17 bits per heavy atom. The molecule has 0 spiro atoms. The van der Waals surface area contributed by atoms with Crippen molar-refractivity contribution < 1.29 is 9.59 Å². The molecule has 1 aromatic heterocycles. The summed E-state index contributed by atoms with van der Waals surface area (Å²) in [5, 5.41) is 7.88. The molecule has 5 nitrogen and oxygen atoms in total. The monoisotopic (exact) mass is 343 g/mol. The summed E-state index contributed by atoms with van der Waals surface area (Å²) in [5.41, 5.74) is 1.32. The van der Waals surface area contributed by atoms with Gasteiger partial charge in [-0.3, -0.25) is 9.59 Å². The minimum atomic E-state index is -0.262. The van der Waals surface area contributed by atoms with E-state index in [1.54, 1.807) is 5.38 Å². The fraction of sp³-hybridized carbons (Fsp3) is 0.389.